The first-order chi connectivity index (χ1) is 11.7. The molecule has 1 unspecified atom stereocenters. The number of benzene rings is 1. The quantitative estimate of drug-likeness (QED) is 0.684. The average Bonchev–Trinajstić information content (AvgIpc) is 3.32. The number of carbonyl (C=O) groups excluding carboxylic acids is 1. The van der Waals surface area contributed by atoms with Crippen LogP contribution in [0.2, 0.25) is 0 Å². The van der Waals surface area contributed by atoms with Gasteiger partial charge in [-0.2, -0.15) is 0 Å². The summed E-state index contributed by atoms with van der Waals surface area (Å²) >= 11 is 0. The molecule has 0 saturated heterocycles. The zero-order valence-electron chi connectivity index (χ0n) is 12.9. The van der Waals surface area contributed by atoms with Gasteiger partial charge >= 0.3 is 0 Å². The van der Waals surface area contributed by atoms with Crippen LogP contribution in [0.3, 0.4) is 0 Å². The minimum absolute atomic E-state index is 0.0436. The highest BCUT2D eigenvalue weighted by molar-refractivity contribution is 5.91. The summed E-state index contributed by atoms with van der Waals surface area (Å²) in [4.78, 5) is 12.0. The molecule has 24 heavy (non-hydrogen) atoms. The van der Waals surface area contributed by atoms with Gasteiger partial charge in [-0.05, 0) is 29.8 Å². The third-order valence-corrected chi connectivity index (χ3v) is 3.67. The number of furan rings is 2. The van der Waals surface area contributed by atoms with Gasteiger partial charge in [-0.1, -0.05) is 30.3 Å². The maximum atomic E-state index is 12.0. The van der Waals surface area contributed by atoms with E-state index in [4.69, 9.17) is 8.83 Å². The normalized spacial score (nSPS) is 13.7. The Hall–Kier alpha value is -3.05. The third kappa shape index (κ3) is 3.47. The summed E-state index contributed by atoms with van der Waals surface area (Å²) in [6.07, 6.45) is 7.48. The van der Waals surface area contributed by atoms with E-state index in [-0.39, 0.29) is 12.5 Å². The molecule has 0 aliphatic rings. The van der Waals surface area contributed by atoms with E-state index in [9.17, 15) is 9.90 Å². The smallest absolute Gasteiger partial charge is 0.244 e. The largest absolute Gasteiger partial charge is 0.472 e. The molecule has 2 N–H and O–H groups in total. The lowest BCUT2D eigenvalue weighted by Gasteiger charge is -2.24. The molecule has 2 aromatic heterocycles. The fourth-order valence-corrected chi connectivity index (χ4v) is 2.36. The molecule has 0 spiro atoms. The molecular formula is C19H17NO4. The monoisotopic (exact) mass is 323 g/mol. The highest BCUT2D eigenvalue weighted by atomic mass is 16.4. The molecule has 3 aromatic rings. The molecule has 5 heteroatoms. The molecule has 1 amide bonds. The van der Waals surface area contributed by atoms with Crippen molar-refractivity contribution in [3.63, 3.8) is 0 Å². The Morgan fingerprint density at radius 2 is 1.96 bits per heavy atom. The predicted molar refractivity (Wildman–Crippen MR) is 88.9 cm³/mol. The second-order valence-electron chi connectivity index (χ2n) is 5.31. The highest BCUT2D eigenvalue weighted by Gasteiger charge is 2.35. The van der Waals surface area contributed by atoms with Crippen molar-refractivity contribution in [3.05, 3.63) is 90.3 Å². The fourth-order valence-electron chi connectivity index (χ4n) is 2.36. The van der Waals surface area contributed by atoms with Crippen LogP contribution < -0.4 is 5.32 Å². The van der Waals surface area contributed by atoms with Gasteiger partial charge in [0.2, 0.25) is 5.91 Å². The van der Waals surface area contributed by atoms with E-state index in [1.54, 1.807) is 24.3 Å². The summed E-state index contributed by atoms with van der Waals surface area (Å²) in [6, 6.07) is 14.5. The number of carbonyl (C=O) groups is 1. The maximum Gasteiger partial charge on any atom is 0.244 e. The van der Waals surface area contributed by atoms with Crippen LogP contribution in [-0.2, 0) is 10.4 Å². The van der Waals surface area contributed by atoms with E-state index in [1.165, 1.54) is 24.9 Å². The molecule has 0 aliphatic heterocycles. The average molecular weight is 323 g/mol. The lowest BCUT2D eigenvalue weighted by atomic mass is 9.93. The lowest BCUT2D eigenvalue weighted by molar-refractivity contribution is -0.117. The van der Waals surface area contributed by atoms with Gasteiger partial charge in [0.05, 0.1) is 25.3 Å². The molecule has 122 valence electrons. The number of amides is 1. The van der Waals surface area contributed by atoms with Crippen molar-refractivity contribution in [2.24, 2.45) is 0 Å². The number of hydrogen-bond donors (Lipinski definition) is 2. The summed E-state index contributed by atoms with van der Waals surface area (Å²) in [7, 11) is 0. The van der Waals surface area contributed by atoms with Crippen molar-refractivity contribution in [1.29, 1.82) is 0 Å². The van der Waals surface area contributed by atoms with Crippen LogP contribution in [0.4, 0.5) is 0 Å². The Morgan fingerprint density at radius 1 is 1.12 bits per heavy atom. The van der Waals surface area contributed by atoms with E-state index < -0.39 is 5.60 Å². The summed E-state index contributed by atoms with van der Waals surface area (Å²) in [5, 5.41) is 13.7. The van der Waals surface area contributed by atoms with Gasteiger partial charge in [0.25, 0.3) is 0 Å². The van der Waals surface area contributed by atoms with Crippen LogP contribution in [0, 0.1) is 0 Å². The Bertz CT molecular complexity index is 755. The number of nitrogens with one attached hydrogen (secondary N) is 1. The van der Waals surface area contributed by atoms with Gasteiger partial charge in [-0.15, -0.1) is 0 Å². The first kappa shape index (κ1) is 15.8. The van der Waals surface area contributed by atoms with Crippen LogP contribution in [-0.4, -0.2) is 17.6 Å². The molecular weight excluding hydrogens is 306 g/mol. The second-order valence-corrected chi connectivity index (χ2v) is 5.31. The van der Waals surface area contributed by atoms with Gasteiger partial charge in [0.15, 0.2) is 5.60 Å². The highest BCUT2D eigenvalue weighted by Crippen LogP contribution is 2.29. The molecule has 2 heterocycles. The first-order valence-electron chi connectivity index (χ1n) is 7.48. The summed E-state index contributed by atoms with van der Waals surface area (Å²) < 4.78 is 10.4. The molecule has 0 fully saturated rings. The zero-order valence-corrected chi connectivity index (χ0v) is 12.9. The van der Waals surface area contributed by atoms with Gasteiger partial charge in [-0.25, -0.2) is 0 Å². The van der Waals surface area contributed by atoms with Crippen LogP contribution in [0.15, 0.2) is 82.2 Å². The predicted octanol–water partition coefficient (Wildman–Crippen LogP) is 2.94. The van der Waals surface area contributed by atoms with E-state index in [2.05, 4.69) is 5.32 Å². The van der Waals surface area contributed by atoms with E-state index >= 15 is 0 Å². The van der Waals surface area contributed by atoms with Gasteiger partial charge in [0, 0.05) is 11.6 Å². The topological polar surface area (TPSA) is 75.6 Å². The lowest BCUT2D eigenvalue weighted by Crippen LogP contribution is -2.40. The van der Waals surface area contributed by atoms with Crippen LogP contribution >= 0.6 is 0 Å². The summed E-state index contributed by atoms with van der Waals surface area (Å²) in [6.45, 7) is -0.0436. The van der Waals surface area contributed by atoms with E-state index in [0.29, 0.717) is 11.3 Å². The molecule has 0 radical (unpaired) electrons. The Balaban J connectivity index is 1.71. The molecule has 1 atom stereocenters. The van der Waals surface area contributed by atoms with Gasteiger partial charge in [0.1, 0.15) is 5.76 Å². The molecule has 3 rings (SSSR count). The number of hydrogen-bond acceptors (Lipinski definition) is 4. The van der Waals surface area contributed by atoms with Crippen molar-refractivity contribution in [3.8, 4) is 0 Å². The standard InChI is InChI=1S/C19H17NO4/c21-18(9-8-15-5-2-1-3-6-15)20-14-19(22,16-10-12-23-13-16)17-7-4-11-24-17/h1-13,22H,14H2,(H,20,21)/b9-8+. The van der Waals surface area contributed by atoms with E-state index in [0.717, 1.165) is 5.56 Å². The van der Waals surface area contributed by atoms with Crippen LogP contribution in [0.5, 0.6) is 0 Å². The van der Waals surface area contributed by atoms with Crippen molar-refractivity contribution in [2.45, 2.75) is 5.60 Å². The minimum Gasteiger partial charge on any atom is -0.472 e. The van der Waals surface area contributed by atoms with Crippen molar-refractivity contribution in [2.75, 3.05) is 6.54 Å². The minimum atomic E-state index is -1.49. The summed E-state index contributed by atoms with van der Waals surface area (Å²) in [5.74, 6) is 0.0172. The summed E-state index contributed by atoms with van der Waals surface area (Å²) in [5.41, 5.74) is -0.0687. The molecule has 0 bridgehead atoms. The van der Waals surface area contributed by atoms with Crippen molar-refractivity contribution < 1.29 is 18.7 Å². The third-order valence-electron chi connectivity index (χ3n) is 3.67. The molecule has 0 aliphatic carbocycles. The fraction of sp³-hybridized carbons (Fsp3) is 0.105. The number of aliphatic hydroxyl groups is 1. The molecule has 5 nitrogen and oxygen atoms in total. The van der Waals surface area contributed by atoms with Gasteiger partial charge < -0.3 is 19.3 Å². The Morgan fingerprint density at radius 3 is 2.62 bits per heavy atom. The molecule has 0 saturated carbocycles. The second kappa shape index (κ2) is 7.02. The Kier molecular flexibility index (Phi) is 4.63. The zero-order chi connectivity index (χ0) is 16.8. The van der Waals surface area contributed by atoms with Gasteiger partial charge in [-0.3, -0.25) is 4.79 Å². The first-order valence-corrected chi connectivity index (χ1v) is 7.48. The van der Waals surface area contributed by atoms with Crippen molar-refractivity contribution >= 4 is 12.0 Å². The Labute approximate surface area is 139 Å². The van der Waals surface area contributed by atoms with Crippen LogP contribution in [0.25, 0.3) is 6.08 Å². The number of rotatable bonds is 6. The maximum absolute atomic E-state index is 12.0. The van der Waals surface area contributed by atoms with E-state index in [1.807, 2.05) is 30.3 Å². The molecule has 1 aromatic carbocycles. The SMILES string of the molecule is O=C(/C=C/c1ccccc1)NCC(O)(c1ccoc1)c1ccco1. The van der Waals surface area contributed by atoms with Crippen molar-refractivity contribution in [1.82, 2.24) is 5.32 Å². The van der Waals surface area contributed by atoms with Crippen LogP contribution in [0.1, 0.15) is 16.9 Å².